The predicted molar refractivity (Wildman–Crippen MR) is 45.9 cm³/mol. The number of rotatable bonds is 1. The molecular weight excluding hydrogens is 186 g/mol. The van der Waals surface area contributed by atoms with Gasteiger partial charge in [0.05, 0.1) is 5.92 Å². The van der Waals surface area contributed by atoms with Crippen molar-refractivity contribution in [3.63, 3.8) is 0 Å². The van der Waals surface area contributed by atoms with E-state index < -0.39 is 29.3 Å². The number of imide groups is 1. The summed E-state index contributed by atoms with van der Waals surface area (Å²) < 4.78 is 0. The minimum atomic E-state index is -1.07. The van der Waals surface area contributed by atoms with Gasteiger partial charge in [-0.2, -0.15) is 0 Å². The van der Waals surface area contributed by atoms with Crippen LogP contribution in [0, 0.1) is 5.92 Å². The van der Waals surface area contributed by atoms with E-state index in [1.165, 1.54) is 0 Å². The van der Waals surface area contributed by atoms with Crippen LogP contribution in [0.25, 0.3) is 0 Å². The molecule has 2 atom stereocenters. The molecule has 2 fully saturated rings. The first-order valence-electron chi connectivity index (χ1n) is 4.49. The first-order chi connectivity index (χ1) is 6.56. The van der Waals surface area contributed by atoms with Crippen LogP contribution < -0.4 is 16.4 Å². The number of hydrogen-bond acceptors (Lipinski definition) is 3. The second-order valence-corrected chi connectivity index (χ2v) is 3.73. The van der Waals surface area contributed by atoms with Crippen molar-refractivity contribution in [2.24, 2.45) is 11.7 Å². The minimum absolute atomic E-state index is 0.427. The van der Waals surface area contributed by atoms with Crippen molar-refractivity contribution >= 4 is 17.8 Å². The van der Waals surface area contributed by atoms with Gasteiger partial charge in [-0.05, 0) is 19.3 Å². The zero-order chi connectivity index (χ0) is 10.3. The van der Waals surface area contributed by atoms with E-state index in [2.05, 4.69) is 10.6 Å². The zero-order valence-electron chi connectivity index (χ0n) is 7.50. The SMILES string of the molecule is NC(=O)[C@@H]1CCC[C@]12NC(=O)NC2=O. The molecule has 0 aromatic rings. The van der Waals surface area contributed by atoms with Gasteiger partial charge in [0.2, 0.25) is 5.91 Å². The third kappa shape index (κ3) is 0.997. The summed E-state index contributed by atoms with van der Waals surface area (Å²) in [6, 6.07) is -0.539. The normalized spacial score (nSPS) is 35.9. The lowest BCUT2D eigenvalue weighted by atomic mass is 9.86. The fourth-order valence-corrected chi connectivity index (χ4v) is 2.32. The van der Waals surface area contributed by atoms with Crippen molar-refractivity contribution in [2.45, 2.75) is 24.8 Å². The van der Waals surface area contributed by atoms with E-state index in [4.69, 9.17) is 5.73 Å². The highest BCUT2D eigenvalue weighted by Gasteiger charge is 2.56. The summed E-state index contributed by atoms with van der Waals surface area (Å²) in [5, 5.41) is 4.65. The Bertz CT molecular complexity index is 328. The second kappa shape index (κ2) is 2.70. The fraction of sp³-hybridized carbons (Fsp3) is 0.625. The molecule has 1 aliphatic carbocycles. The van der Waals surface area contributed by atoms with Crippen molar-refractivity contribution in [1.29, 1.82) is 0 Å². The van der Waals surface area contributed by atoms with E-state index in [0.29, 0.717) is 12.8 Å². The van der Waals surface area contributed by atoms with Crippen LogP contribution in [0.3, 0.4) is 0 Å². The molecule has 0 radical (unpaired) electrons. The van der Waals surface area contributed by atoms with Gasteiger partial charge in [0.15, 0.2) is 0 Å². The van der Waals surface area contributed by atoms with Gasteiger partial charge >= 0.3 is 6.03 Å². The molecular formula is C8H11N3O3. The monoisotopic (exact) mass is 197 g/mol. The Morgan fingerprint density at radius 1 is 1.50 bits per heavy atom. The average molecular weight is 197 g/mol. The molecule has 4 N–H and O–H groups in total. The fourth-order valence-electron chi connectivity index (χ4n) is 2.32. The van der Waals surface area contributed by atoms with Gasteiger partial charge in [-0.3, -0.25) is 14.9 Å². The molecule has 0 bridgehead atoms. The molecule has 6 nitrogen and oxygen atoms in total. The Morgan fingerprint density at radius 3 is 2.71 bits per heavy atom. The molecule has 6 heteroatoms. The van der Waals surface area contributed by atoms with Crippen LogP contribution in [0.2, 0.25) is 0 Å². The van der Waals surface area contributed by atoms with Crippen LogP contribution in [0.15, 0.2) is 0 Å². The van der Waals surface area contributed by atoms with E-state index in [1.54, 1.807) is 0 Å². The smallest absolute Gasteiger partial charge is 0.322 e. The van der Waals surface area contributed by atoms with Gasteiger partial charge in [0.1, 0.15) is 5.54 Å². The van der Waals surface area contributed by atoms with Crippen LogP contribution in [0.1, 0.15) is 19.3 Å². The lowest BCUT2D eigenvalue weighted by molar-refractivity contribution is -0.132. The maximum atomic E-state index is 11.5. The Kier molecular flexibility index (Phi) is 1.73. The first-order valence-corrected chi connectivity index (χ1v) is 4.49. The molecule has 1 saturated carbocycles. The van der Waals surface area contributed by atoms with Crippen LogP contribution in [0.5, 0.6) is 0 Å². The Morgan fingerprint density at radius 2 is 2.21 bits per heavy atom. The summed E-state index contributed by atoms with van der Waals surface area (Å²) in [4.78, 5) is 33.6. The predicted octanol–water partition coefficient (Wildman–Crippen LogP) is -1.15. The van der Waals surface area contributed by atoms with Crippen LogP contribution >= 0.6 is 0 Å². The molecule has 1 aliphatic heterocycles. The molecule has 0 unspecified atom stereocenters. The molecule has 14 heavy (non-hydrogen) atoms. The summed E-state index contributed by atoms with van der Waals surface area (Å²) in [6.07, 6.45) is 1.77. The van der Waals surface area contributed by atoms with Crippen LogP contribution in [-0.4, -0.2) is 23.4 Å². The van der Waals surface area contributed by atoms with E-state index >= 15 is 0 Å². The summed E-state index contributed by atoms with van der Waals surface area (Å²) in [7, 11) is 0. The number of nitrogens with one attached hydrogen (secondary N) is 2. The second-order valence-electron chi connectivity index (χ2n) is 3.73. The van der Waals surface area contributed by atoms with Crippen molar-refractivity contribution in [3.05, 3.63) is 0 Å². The average Bonchev–Trinajstić information content (AvgIpc) is 2.59. The topological polar surface area (TPSA) is 101 Å². The van der Waals surface area contributed by atoms with Crippen LogP contribution in [-0.2, 0) is 9.59 Å². The molecule has 1 heterocycles. The number of amides is 4. The molecule has 0 aromatic carbocycles. The first kappa shape index (κ1) is 8.98. The number of carbonyl (C=O) groups excluding carboxylic acids is 3. The lowest BCUT2D eigenvalue weighted by Gasteiger charge is -2.25. The molecule has 76 valence electrons. The summed E-state index contributed by atoms with van der Waals surface area (Å²) >= 11 is 0. The van der Waals surface area contributed by atoms with Gasteiger partial charge in [-0.25, -0.2) is 4.79 Å². The van der Waals surface area contributed by atoms with Gasteiger partial charge in [0.25, 0.3) is 5.91 Å². The maximum absolute atomic E-state index is 11.5. The summed E-state index contributed by atoms with van der Waals surface area (Å²) in [6.45, 7) is 0. The third-order valence-electron chi connectivity index (χ3n) is 2.97. The summed E-state index contributed by atoms with van der Waals surface area (Å²) in [5.74, 6) is -1.53. The van der Waals surface area contributed by atoms with Crippen LogP contribution in [0.4, 0.5) is 4.79 Å². The number of primary amides is 1. The van der Waals surface area contributed by atoms with Gasteiger partial charge in [-0.1, -0.05) is 0 Å². The highest BCUT2D eigenvalue weighted by Crippen LogP contribution is 2.37. The molecule has 2 rings (SSSR count). The van der Waals surface area contributed by atoms with Crippen molar-refractivity contribution in [1.82, 2.24) is 10.6 Å². The van der Waals surface area contributed by atoms with Gasteiger partial charge < -0.3 is 11.1 Å². The Balaban J connectivity index is 2.34. The third-order valence-corrected chi connectivity index (χ3v) is 2.97. The standard InChI is InChI=1S/C8H11N3O3/c9-5(12)4-2-1-3-8(4)6(13)10-7(14)11-8/h4H,1-3H2,(H2,9,12)(H2,10,11,13,14)/t4-,8-/m0/s1. The highest BCUT2D eigenvalue weighted by atomic mass is 16.2. The quantitative estimate of drug-likeness (QED) is 0.462. The van der Waals surface area contributed by atoms with E-state index in [1.807, 2.05) is 0 Å². The number of hydrogen-bond donors (Lipinski definition) is 3. The molecule has 0 aromatic heterocycles. The Labute approximate surface area is 80.2 Å². The zero-order valence-corrected chi connectivity index (χ0v) is 7.50. The minimum Gasteiger partial charge on any atom is -0.369 e. The maximum Gasteiger partial charge on any atom is 0.322 e. The lowest BCUT2D eigenvalue weighted by Crippen LogP contribution is -2.53. The van der Waals surface area contributed by atoms with Gasteiger partial charge in [-0.15, -0.1) is 0 Å². The van der Waals surface area contributed by atoms with E-state index in [9.17, 15) is 14.4 Å². The van der Waals surface area contributed by atoms with Crippen molar-refractivity contribution < 1.29 is 14.4 Å². The Hall–Kier alpha value is -1.59. The van der Waals surface area contributed by atoms with Gasteiger partial charge in [0, 0.05) is 0 Å². The highest BCUT2D eigenvalue weighted by molar-refractivity contribution is 6.09. The summed E-state index contributed by atoms with van der Waals surface area (Å²) in [5.41, 5.74) is 4.12. The largest absolute Gasteiger partial charge is 0.369 e. The van der Waals surface area contributed by atoms with E-state index in [0.717, 1.165) is 6.42 Å². The molecule has 4 amide bonds. The molecule has 2 aliphatic rings. The molecule has 1 spiro atoms. The van der Waals surface area contributed by atoms with Crippen molar-refractivity contribution in [2.75, 3.05) is 0 Å². The number of nitrogens with two attached hydrogens (primary N) is 1. The number of carbonyl (C=O) groups is 3. The number of urea groups is 1. The molecule has 1 saturated heterocycles. The van der Waals surface area contributed by atoms with E-state index in [-0.39, 0.29) is 0 Å². The van der Waals surface area contributed by atoms with Crippen molar-refractivity contribution in [3.8, 4) is 0 Å².